The van der Waals surface area contributed by atoms with Crippen molar-refractivity contribution in [2.45, 2.75) is 56.6 Å². The molecule has 6 atom stereocenters. The number of phenolic OH excluding ortho intramolecular Hbond substituents is 1. The highest BCUT2D eigenvalue weighted by Gasteiger charge is 2.70. The summed E-state index contributed by atoms with van der Waals surface area (Å²) >= 11 is 0. The van der Waals surface area contributed by atoms with Crippen molar-refractivity contribution in [3.63, 3.8) is 0 Å². The standard InChI is InChI=1S/C28H36N4O10/c1-26(2,3)30-9-12(33)31-11-8-7-10-13(19(11)34)20(35)14-16(27(10,4)41)22(37)17-18(32(5)6)21(36)15(25(29)40)24(39)28(17,42)23(14)38/h7-8,16-18,22,30,34-35,37,39,41-42H,9H2,1-6H3,(H2,29,40)(H,31,33)/t16-,17-,18+,22+,27-,28+/m1/s1. The van der Waals surface area contributed by atoms with Crippen molar-refractivity contribution in [1.29, 1.82) is 0 Å². The Morgan fingerprint density at radius 3 is 2.21 bits per heavy atom. The summed E-state index contributed by atoms with van der Waals surface area (Å²) < 4.78 is 0. The molecular formula is C28H36N4O10. The number of rotatable bonds is 5. The molecule has 0 unspecified atom stereocenters. The van der Waals surface area contributed by atoms with Gasteiger partial charge in [-0.2, -0.15) is 0 Å². The summed E-state index contributed by atoms with van der Waals surface area (Å²) in [6.45, 7) is 6.60. The van der Waals surface area contributed by atoms with E-state index >= 15 is 0 Å². The maximum Gasteiger partial charge on any atom is 0.255 e. The zero-order chi connectivity index (χ0) is 31.9. The van der Waals surface area contributed by atoms with Crippen LogP contribution in [0.1, 0.15) is 38.8 Å². The van der Waals surface area contributed by atoms with Gasteiger partial charge in [0.2, 0.25) is 11.7 Å². The van der Waals surface area contributed by atoms with Gasteiger partial charge in [-0.25, -0.2) is 0 Å². The number of primary amides is 1. The summed E-state index contributed by atoms with van der Waals surface area (Å²) in [6.07, 6.45) is -1.97. The predicted octanol–water partition coefficient (Wildman–Crippen LogP) is -1.07. The number of Topliss-reactive ketones (excluding diaryl/α,β-unsaturated/α-hetero) is 2. The Labute approximate surface area is 241 Å². The van der Waals surface area contributed by atoms with E-state index in [1.807, 2.05) is 20.8 Å². The van der Waals surface area contributed by atoms with E-state index in [2.05, 4.69) is 10.6 Å². The minimum Gasteiger partial charge on any atom is -0.508 e. The number of fused-ring (bicyclic) bond motifs is 3. The molecule has 0 aromatic heterocycles. The molecule has 10 N–H and O–H groups in total. The van der Waals surface area contributed by atoms with Crippen LogP contribution in [0.3, 0.4) is 0 Å². The van der Waals surface area contributed by atoms with Crippen LogP contribution in [-0.2, 0) is 24.8 Å². The highest BCUT2D eigenvalue weighted by molar-refractivity contribution is 6.24. The molecule has 2 amide bonds. The number of ketones is 2. The minimum absolute atomic E-state index is 0.129. The average molecular weight is 589 g/mol. The van der Waals surface area contributed by atoms with Crippen LogP contribution in [0.15, 0.2) is 29.0 Å². The number of likely N-dealkylation sites (N-methyl/N-ethyl adjacent to an activating group) is 1. The number of carbonyl (C=O) groups is 4. The minimum atomic E-state index is -3.12. The summed E-state index contributed by atoms with van der Waals surface area (Å²) in [5.41, 5.74) is -3.01. The van der Waals surface area contributed by atoms with E-state index < -0.39 is 98.1 Å². The number of anilines is 1. The smallest absolute Gasteiger partial charge is 0.255 e. The van der Waals surface area contributed by atoms with Crippen LogP contribution in [0.5, 0.6) is 5.75 Å². The number of hydrogen-bond donors (Lipinski definition) is 9. The fraction of sp³-hybridized carbons (Fsp3) is 0.500. The fourth-order valence-corrected chi connectivity index (χ4v) is 6.28. The van der Waals surface area contributed by atoms with E-state index in [0.717, 1.165) is 0 Å². The summed E-state index contributed by atoms with van der Waals surface area (Å²) in [7, 11) is 2.76. The molecule has 3 aliphatic carbocycles. The number of amides is 2. The van der Waals surface area contributed by atoms with Crippen LogP contribution < -0.4 is 16.4 Å². The summed E-state index contributed by atoms with van der Waals surface area (Å²) in [6, 6.07) is 0.996. The lowest BCUT2D eigenvalue weighted by Gasteiger charge is -2.55. The van der Waals surface area contributed by atoms with Gasteiger partial charge in [0.25, 0.3) is 5.91 Å². The predicted molar refractivity (Wildman–Crippen MR) is 148 cm³/mol. The van der Waals surface area contributed by atoms with Gasteiger partial charge < -0.3 is 47.0 Å². The van der Waals surface area contributed by atoms with E-state index in [1.54, 1.807) is 0 Å². The van der Waals surface area contributed by atoms with Crippen molar-refractivity contribution in [1.82, 2.24) is 10.2 Å². The molecule has 4 rings (SSSR count). The Balaban J connectivity index is 1.93. The number of aromatic hydroxyl groups is 1. The Bertz CT molecular complexity index is 1470. The maximum atomic E-state index is 14.0. The normalized spacial score (nSPS) is 31.1. The van der Waals surface area contributed by atoms with Crippen molar-refractivity contribution in [2.75, 3.05) is 26.0 Å². The van der Waals surface area contributed by atoms with E-state index in [4.69, 9.17) is 5.73 Å². The first kappa shape index (κ1) is 31.1. The maximum absolute atomic E-state index is 14.0. The number of hydrogen-bond acceptors (Lipinski definition) is 12. The molecular weight excluding hydrogens is 552 g/mol. The third-order valence-corrected chi connectivity index (χ3v) is 8.22. The molecule has 1 aromatic rings. The molecule has 1 aromatic carbocycles. The van der Waals surface area contributed by atoms with Gasteiger partial charge in [-0.15, -0.1) is 0 Å². The first-order valence-corrected chi connectivity index (χ1v) is 13.2. The molecule has 0 aliphatic heterocycles. The molecule has 0 spiro atoms. The van der Waals surface area contributed by atoms with Gasteiger partial charge in [-0.05, 0) is 53.4 Å². The molecule has 14 heteroatoms. The first-order chi connectivity index (χ1) is 19.2. The number of benzene rings is 1. The molecule has 228 valence electrons. The topological polar surface area (TPSA) is 243 Å². The number of carbonyl (C=O) groups excluding carboxylic acids is 4. The largest absolute Gasteiger partial charge is 0.508 e. The van der Waals surface area contributed by atoms with Crippen LogP contribution >= 0.6 is 0 Å². The molecule has 0 saturated heterocycles. The van der Waals surface area contributed by atoms with Crippen LogP contribution in [0.25, 0.3) is 5.76 Å². The Kier molecular flexibility index (Phi) is 7.32. The second-order valence-corrected chi connectivity index (χ2v) is 12.4. The SMILES string of the molecule is CN(C)[C@@H]1C(=O)C(C(N)=O)=C(O)[C@@]2(O)C(=O)C3=C(O)c4c(ccc(NC(=O)CNC(C)(C)C)c4O)[C@@](C)(O)[C@H]3[C@H](O)[C@@H]12. The van der Waals surface area contributed by atoms with Crippen molar-refractivity contribution in [2.24, 2.45) is 17.6 Å². The van der Waals surface area contributed by atoms with Crippen molar-refractivity contribution < 1.29 is 49.8 Å². The van der Waals surface area contributed by atoms with Gasteiger partial charge in [0.1, 0.15) is 22.8 Å². The van der Waals surface area contributed by atoms with Crippen LogP contribution in [0.4, 0.5) is 5.69 Å². The molecule has 1 fully saturated rings. The van der Waals surface area contributed by atoms with Crippen molar-refractivity contribution >= 4 is 34.8 Å². The number of phenols is 1. The third-order valence-electron chi connectivity index (χ3n) is 8.22. The number of nitrogens with one attached hydrogen (secondary N) is 2. The van der Waals surface area contributed by atoms with Crippen molar-refractivity contribution in [3.8, 4) is 5.75 Å². The Morgan fingerprint density at radius 2 is 1.69 bits per heavy atom. The number of aliphatic hydroxyl groups excluding tert-OH is 3. The van der Waals surface area contributed by atoms with Gasteiger partial charge in [0.05, 0.1) is 53.0 Å². The Hall–Kier alpha value is -3.82. The van der Waals surface area contributed by atoms with Gasteiger partial charge in [-0.1, -0.05) is 6.07 Å². The Morgan fingerprint density at radius 1 is 1.10 bits per heavy atom. The van der Waals surface area contributed by atoms with E-state index in [1.165, 1.54) is 38.1 Å². The van der Waals surface area contributed by atoms with Gasteiger partial charge in [-0.3, -0.25) is 24.1 Å². The average Bonchev–Trinajstić information content (AvgIpc) is 2.85. The van der Waals surface area contributed by atoms with Gasteiger partial charge in [0, 0.05) is 5.54 Å². The van der Waals surface area contributed by atoms with E-state index in [-0.39, 0.29) is 17.8 Å². The first-order valence-electron chi connectivity index (χ1n) is 13.2. The van der Waals surface area contributed by atoms with Crippen LogP contribution in [-0.4, -0.2) is 103 Å². The number of nitrogens with zero attached hydrogens (tertiary/aromatic N) is 1. The van der Waals surface area contributed by atoms with E-state index in [0.29, 0.717) is 0 Å². The second kappa shape index (κ2) is 9.88. The third kappa shape index (κ3) is 4.37. The highest BCUT2D eigenvalue weighted by Crippen LogP contribution is 2.58. The lowest BCUT2D eigenvalue weighted by molar-refractivity contribution is -0.181. The van der Waals surface area contributed by atoms with Crippen molar-refractivity contribution in [3.05, 3.63) is 40.2 Å². The lowest BCUT2D eigenvalue weighted by atomic mass is 9.53. The molecule has 3 aliphatic rings. The quantitative estimate of drug-likeness (QED) is 0.147. The molecule has 42 heavy (non-hydrogen) atoms. The van der Waals surface area contributed by atoms with Crippen LogP contribution in [0.2, 0.25) is 0 Å². The molecule has 0 radical (unpaired) electrons. The van der Waals surface area contributed by atoms with Gasteiger partial charge >= 0.3 is 0 Å². The highest BCUT2D eigenvalue weighted by atomic mass is 16.4. The second-order valence-electron chi connectivity index (χ2n) is 12.4. The fourth-order valence-electron chi connectivity index (χ4n) is 6.28. The molecule has 14 nitrogen and oxygen atoms in total. The summed E-state index contributed by atoms with van der Waals surface area (Å²) in [4.78, 5) is 53.2. The van der Waals surface area contributed by atoms with Gasteiger partial charge in [0.15, 0.2) is 11.4 Å². The lowest BCUT2D eigenvalue weighted by Crippen LogP contribution is -2.71. The molecule has 0 heterocycles. The summed E-state index contributed by atoms with van der Waals surface area (Å²) in [5.74, 6) is -11.0. The zero-order valence-electron chi connectivity index (χ0n) is 24.0. The molecule has 0 bridgehead atoms. The number of nitrogens with two attached hydrogens (primary N) is 1. The molecule has 1 saturated carbocycles. The summed E-state index contributed by atoms with van der Waals surface area (Å²) in [5, 5.41) is 74.1. The number of aliphatic hydroxyl groups is 5. The zero-order valence-corrected chi connectivity index (χ0v) is 24.0. The monoisotopic (exact) mass is 588 g/mol. The van der Waals surface area contributed by atoms with E-state index in [9.17, 15) is 49.8 Å². The van der Waals surface area contributed by atoms with Crippen LogP contribution in [0, 0.1) is 11.8 Å².